The van der Waals surface area contributed by atoms with Gasteiger partial charge in [0.15, 0.2) is 9.84 Å². The lowest BCUT2D eigenvalue weighted by molar-refractivity contribution is 0.0517. The van der Waals surface area contributed by atoms with E-state index in [1.807, 2.05) is 0 Å². The van der Waals surface area contributed by atoms with Gasteiger partial charge < -0.3 is 9.72 Å². The third-order valence-electron chi connectivity index (χ3n) is 5.52. The van der Waals surface area contributed by atoms with E-state index in [1.54, 1.807) is 43.5 Å². The van der Waals surface area contributed by atoms with Gasteiger partial charge >= 0.3 is 5.97 Å². The first-order valence-corrected chi connectivity index (χ1v) is 10.8. The van der Waals surface area contributed by atoms with Crippen molar-refractivity contribution in [2.75, 3.05) is 6.61 Å². The number of fused-ring (bicyclic) bond motifs is 2. The van der Waals surface area contributed by atoms with Crippen LogP contribution in [0.1, 0.15) is 53.2 Å². The van der Waals surface area contributed by atoms with E-state index in [4.69, 9.17) is 16.3 Å². The Morgan fingerprint density at radius 3 is 2.62 bits per heavy atom. The topological polar surface area (TPSA) is 76.2 Å². The molecule has 26 heavy (non-hydrogen) atoms. The largest absolute Gasteiger partial charge is 0.461 e. The van der Waals surface area contributed by atoms with Crippen molar-refractivity contribution in [2.24, 2.45) is 0 Å². The maximum atomic E-state index is 13.3. The Labute approximate surface area is 157 Å². The summed E-state index contributed by atoms with van der Waals surface area (Å²) in [6.07, 6.45) is 3.31. The number of benzene rings is 1. The number of nitrogens with one attached hydrogen (secondary N) is 1. The molecule has 0 amide bonds. The normalized spacial score (nSPS) is 27.2. The van der Waals surface area contributed by atoms with Crippen LogP contribution in [0.15, 0.2) is 41.4 Å². The van der Waals surface area contributed by atoms with E-state index in [2.05, 4.69) is 4.98 Å². The number of carbonyl (C=O) groups is 1. The van der Waals surface area contributed by atoms with Crippen molar-refractivity contribution in [2.45, 2.75) is 47.1 Å². The first kappa shape index (κ1) is 17.6. The number of carbonyl (C=O) groups excluding carboxylic acids is 1. The molecule has 0 saturated heterocycles. The zero-order chi connectivity index (χ0) is 18.5. The maximum Gasteiger partial charge on any atom is 0.355 e. The van der Waals surface area contributed by atoms with Crippen LogP contribution in [0.2, 0.25) is 0 Å². The number of aromatic amines is 1. The summed E-state index contributed by atoms with van der Waals surface area (Å²) in [5.74, 6) is -0.837. The molecule has 5 rings (SSSR count). The van der Waals surface area contributed by atoms with E-state index < -0.39 is 26.4 Å². The van der Waals surface area contributed by atoms with Crippen molar-refractivity contribution in [3.05, 3.63) is 53.3 Å². The number of aromatic nitrogens is 1. The molecule has 1 aromatic heterocycles. The van der Waals surface area contributed by atoms with Crippen LogP contribution < -0.4 is 0 Å². The van der Waals surface area contributed by atoms with Crippen molar-refractivity contribution in [1.29, 1.82) is 0 Å². The second-order valence-electron chi connectivity index (χ2n) is 6.81. The van der Waals surface area contributed by atoms with Gasteiger partial charge in [-0.3, -0.25) is 0 Å². The molecule has 7 heteroatoms. The Morgan fingerprint density at radius 2 is 1.92 bits per heavy atom. The molecule has 3 aliphatic rings. The van der Waals surface area contributed by atoms with E-state index in [9.17, 15) is 13.2 Å². The lowest BCUT2D eigenvalue weighted by Gasteiger charge is -2.45. The molecule has 0 unspecified atom stereocenters. The van der Waals surface area contributed by atoms with Crippen LogP contribution in [0.3, 0.4) is 0 Å². The summed E-state index contributed by atoms with van der Waals surface area (Å²) in [4.78, 5) is 15.6. The summed E-state index contributed by atoms with van der Waals surface area (Å²) < 4.78 is 31.8. The number of halogens is 1. The predicted molar refractivity (Wildman–Crippen MR) is 98.5 cm³/mol. The number of hydrogen-bond acceptors (Lipinski definition) is 4. The molecule has 2 aromatic rings. The van der Waals surface area contributed by atoms with Crippen LogP contribution in [-0.2, 0) is 14.6 Å². The summed E-state index contributed by atoms with van der Waals surface area (Å²) in [6, 6.07) is 8.41. The van der Waals surface area contributed by atoms with Gasteiger partial charge in [0.25, 0.3) is 0 Å². The van der Waals surface area contributed by atoms with Crippen LogP contribution in [-0.4, -0.2) is 36.6 Å². The molecular weight excluding hydrogens is 374 g/mol. The van der Waals surface area contributed by atoms with Crippen LogP contribution in [0, 0.1) is 0 Å². The number of alkyl halides is 1. The number of rotatable bonds is 4. The first-order chi connectivity index (χ1) is 12.5. The fraction of sp³-hybridized carbons (Fsp3) is 0.421. The van der Waals surface area contributed by atoms with E-state index in [0.717, 1.165) is 17.5 Å². The van der Waals surface area contributed by atoms with Crippen molar-refractivity contribution in [3.63, 3.8) is 0 Å². The maximum absolute atomic E-state index is 13.3. The lowest BCUT2D eigenvalue weighted by Crippen LogP contribution is -2.47. The predicted octanol–water partition coefficient (Wildman–Crippen LogP) is 3.62. The molecule has 1 aromatic carbocycles. The number of sulfone groups is 1. The number of esters is 1. The molecule has 0 radical (unpaired) electrons. The van der Waals surface area contributed by atoms with Gasteiger partial charge in [0.2, 0.25) is 0 Å². The van der Waals surface area contributed by atoms with Crippen LogP contribution in [0.25, 0.3) is 0 Å². The van der Waals surface area contributed by atoms with Crippen molar-refractivity contribution in [1.82, 2.24) is 4.98 Å². The highest BCUT2D eigenvalue weighted by Crippen LogP contribution is 2.55. The average molecular weight is 394 g/mol. The fourth-order valence-corrected chi connectivity index (χ4v) is 7.38. The Balaban J connectivity index is 1.82. The first-order valence-electron chi connectivity index (χ1n) is 8.78. The SMILES string of the molecule is CCOC(=O)c1[nH]cc2c1[C@H]1CC[C@@H]2[C@H](Cl)[C@H]1S(=O)(=O)c1ccccc1. The van der Waals surface area contributed by atoms with Crippen molar-refractivity contribution >= 4 is 27.4 Å². The van der Waals surface area contributed by atoms with E-state index in [1.165, 1.54) is 0 Å². The molecule has 5 nitrogen and oxygen atoms in total. The standard InChI is InChI=1S/C19H20ClNO4S/c1-2-25-19(22)17-15-13-9-8-12(14(15)10-21-17)16(20)18(13)26(23,24)11-6-4-3-5-7-11/h3-7,10,12-13,16,18,21H,2,8-9H2,1H3/t12-,13+,16-,18-/m0/s1. The third-order valence-corrected chi connectivity index (χ3v) is 8.51. The van der Waals surface area contributed by atoms with Crippen LogP contribution in [0.5, 0.6) is 0 Å². The van der Waals surface area contributed by atoms with Crippen molar-refractivity contribution in [3.8, 4) is 0 Å². The molecule has 1 heterocycles. The lowest BCUT2D eigenvalue weighted by atomic mass is 9.67. The zero-order valence-electron chi connectivity index (χ0n) is 14.3. The van der Waals surface area contributed by atoms with E-state index in [-0.39, 0.29) is 23.3 Å². The monoisotopic (exact) mass is 393 g/mol. The molecule has 3 aliphatic carbocycles. The van der Waals surface area contributed by atoms with Gasteiger partial charge in [-0.25, -0.2) is 13.2 Å². The molecule has 1 saturated carbocycles. The van der Waals surface area contributed by atoms with Crippen molar-refractivity contribution < 1.29 is 17.9 Å². The second kappa shape index (κ2) is 6.43. The summed E-state index contributed by atoms with van der Waals surface area (Å²) >= 11 is 6.68. The highest BCUT2D eigenvalue weighted by molar-refractivity contribution is 7.92. The highest BCUT2D eigenvalue weighted by Gasteiger charge is 2.53. The molecule has 0 spiro atoms. The Kier molecular flexibility index (Phi) is 4.35. The summed E-state index contributed by atoms with van der Waals surface area (Å²) in [7, 11) is -3.62. The molecule has 1 fully saturated rings. The van der Waals surface area contributed by atoms with Gasteiger partial charge in [-0.05, 0) is 43.0 Å². The molecule has 2 bridgehead atoms. The molecule has 138 valence electrons. The van der Waals surface area contributed by atoms with Gasteiger partial charge in [-0.2, -0.15) is 0 Å². The number of hydrogen-bond donors (Lipinski definition) is 1. The van der Waals surface area contributed by atoms with Gasteiger partial charge in [0.05, 0.1) is 22.1 Å². The average Bonchev–Trinajstić information content (AvgIpc) is 3.09. The number of H-pyrrole nitrogens is 1. The fourth-order valence-electron chi connectivity index (χ4n) is 4.45. The van der Waals surface area contributed by atoms with Gasteiger partial charge in [0.1, 0.15) is 5.69 Å². The summed E-state index contributed by atoms with van der Waals surface area (Å²) in [5.41, 5.74) is 2.11. The Hall–Kier alpha value is -1.79. The smallest absolute Gasteiger partial charge is 0.355 e. The minimum atomic E-state index is -3.62. The molecule has 4 atom stereocenters. The molecule has 0 aliphatic heterocycles. The Morgan fingerprint density at radius 1 is 1.23 bits per heavy atom. The van der Waals surface area contributed by atoms with Gasteiger partial charge in [-0.1, -0.05) is 18.2 Å². The number of ether oxygens (including phenoxy) is 1. The molecular formula is C19H20ClNO4S. The second-order valence-corrected chi connectivity index (χ2v) is 9.42. The zero-order valence-corrected chi connectivity index (χ0v) is 15.9. The third kappa shape index (κ3) is 2.50. The highest BCUT2D eigenvalue weighted by atomic mass is 35.5. The van der Waals surface area contributed by atoms with E-state index in [0.29, 0.717) is 12.1 Å². The minimum Gasteiger partial charge on any atom is -0.461 e. The minimum absolute atomic E-state index is 0.0837. The van der Waals surface area contributed by atoms with Crippen LogP contribution >= 0.6 is 11.6 Å². The Bertz CT molecular complexity index is 938. The van der Waals surface area contributed by atoms with Crippen LogP contribution in [0.4, 0.5) is 0 Å². The van der Waals surface area contributed by atoms with Gasteiger partial charge in [-0.15, -0.1) is 11.6 Å². The quantitative estimate of drug-likeness (QED) is 0.635. The summed E-state index contributed by atoms with van der Waals surface area (Å²) in [6.45, 7) is 2.02. The van der Waals surface area contributed by atoms with Gasteiger partial charge in [0, 0.05) is 18.0 Å². The summed E-state index contributed by atoms with van der Waals surface area (Å²) in [5, 5.41) is -1.26. The molecule has 1 N–H and O–H groups in total. The van der Waals surface area contributed by atoms with E-state index >= 15 is 0 Å².